The number of amides is 2. The van der Waals surface area contributed by atoms with Crippen LogP contribution >= 0.6 is 11.3 Å². The van der Waals surface area contributed by atoms with E-state index in [1.807, 2.05) is 13.0 Å². The van der Waals surface area contributed by atoms with Gasteiger partial charge in [-0.1, -0.05) is 11.6 Å². The van der Waals surface area contributed by atoms with Crippen LogP contribution in [-0.2, 0) is 4.79 Å². The smallest absolute Gasteiger partial charge is 0.261 e. The second-order valence-electron chi connectivity index (χ2n) is 6.07. The lowest BCUT2D eigenvalue weighted by Gasteiger charge is -2.08. The minimum absolute atomic E-state index is 0.277. The van der Waals surface area contributed by atoms with Crippen molar-refractivity contribution < 1.29 is 18.7 Å². The van der Waals surface area contributed by atoms with Gasteiger partial charge in [0.15, 0.2) is 5.13 Å². The maximum absolute atomic E-state index is 14.4. The number of benzene rings is 2. The summed E-state index contributed by atoms with van der Waals surface area (Å²) in [5.74, 6) is -0.699. The summed E-state index contributed by atoms with van der Waals surface area (Å²) in [6.07, 6.45) is 0. The average Bonchev–Trinajstić information content (AvgIpc) is 3.09. The maximum atomic E-state index is 14.4. The van der Waals surface area contributed by atoms with Crippen LogP contribution in [0.15, 0.2) is 41.8 Å². The van der Waals surface area contributed by atoms with Crippen LogP contribution in [0, 0.1) is 12.7 Å². The Morgan fingerprint density at radius 3 is 2.61 bits per heavy atom. The predicted molar refractivity (Wildman–Crippen MR) is 107 cm³/mol. The molecule has 0 radical (unpaired) electrons. The van der Waals surface area contributed by atoms with E-state index < -0.39 is 5.82 Å². The first-order valence-electron chi connectivity index (χ1n) is 8.36. The Balaban J connectivity index is 1.80. The van der Waals surface area contributed by atoms with Gasteiger partial charge >= 0.3 is 0 Å². The number of anilines is 2. The van der Waals surface area contributed by atoms with E-state index >= 15 is 0 Å². The third-order valence-electron chi connectivity index (χ3n) is 3.89. The van der Waals surface area contributed by atoms with Crippen LogP contribution in [0.1, 0.15) is 22.8 Å². The number of aryl methyl sites for hydroxylation is 1. The first-order chi connectivity index (χ1) is 13.4. The number of nitrogens with one attached hydrogen (secondary N) is 2. The molecule has 2 N–H and O–H groups in total. The first-order valence-corrected chi connectivity index (χ1v) is 9.24. The second-order valence-corrected chi connectivity index (χ2v) is 6.93. The quantitative estimate of drug-likeness (QED) is 0.663. The lowest BCUT2D eigenvalue weighted by molar-refractivity contribution is -0.114. The van der Waals surface area contributed by atoms with Crippen LogP contribution in [0.2, 0.25) is 0 Å². The Morgan fingerprint density at radius 1 is 1.14 bits per heavy atom. The van der Waals surface area contributed by atoms with Gasteiger partial charge in [-0.15, -0.1) is 11.3 Å². The standard InChI is InChI=1S/C20H18FN3O3S/c1-11-4-7-18(27-3)15(8-11)19(26)24-20-23-17(10-28-20)14-6-5-13(9-16(14)21)22-12(2)25/h4-10H,1-3H3,(H,22,25)(H,23,24,26). The van der Waals surface area contributed by atoms with E-state index in [2.05, 4.69) is 15.6 Å². The molecule has 8 heteroatoms. The minimum Gasteiger partial charge on any atom is -0.496 e. The molecule has 3 rings (SSSR count). The van der Waals surface area contributed by atoms with Crippen molar-refractivity contribution >= 4 is 34.0 Å². The molecule has 0 aliphatic carbocycles. The molecule has 3 aromatic rings. The number of thiazole rings is 1. The Labute approximate surface area is 165 Å². The molecule has 0 bridgehead atoms. The largest absolute Gasteiger partial charge is 0.496 e. The second kappa shape index (κ2) is 8.18. The fraction of sp³-hybridized carbons (Fsp3) is 0.150. The lowest BCUT2D eigenvalue weighted by Crippen LogP contribution is -2.13. The van der Waals surface area contributed by atoms with Crippen molar-refractivity contribution in [1.29, 1.82) is 0 Å². The summed E-state index contributed by atoms with van der Waals surface area (Å²) >= 11 is 1.19. The Morgan fingerprint density at radius 2 is 1.93 bits per heavy atom. The van der Waals surface area contributed by atoms with Gasteiger partial charge in [-0.3, -0.25) is 14.9 Å². The summed E-state index contributed by atoms with van der Waals surface area (Å²) < 4.78 is 19.6. The number of rotatable bonds is 5. The molecule has 0 spiro atoms. The summed E-state index contributed by atoms with van der Waals surface area (Å²) in [4.78, 5) is 27.9. The Hall–Kier alpha value is -3.26. The SMILES string of the molecule is COc1ccc(C)cc1C(=O)Nc1nc(-c2ccc(NC(C)=O)cc2F)cs1. The van der Waals surface area contributed by atoms with Gasteiger partial charge in [-0.25, -0.2) is 9.37 Å². The number of hydrogen-bond acceptors (Lipinski definition) is 5. The van der Waals surface area contributed by atoms with E-state index in [-0.39, 0.29) is 17.4 Å². The molecule has 0 saturated heterocycles. The summed E-state index contributed by atoms with van der Waals surface area (Å²) in [5, 5.41) is 7.23. The van der Waals surface area contributed by atoms with Gasteiger partial charge in [0.2, 0.25) is 5.91 Å². The molecule has 2 aromatic carbocycles. The van der Waals surface area contributed by atoms with Gasteiger partial charge in [-0.05, 0) is 37.3 Å². The van der Waals surface area contributed by atoms with Crippen molar-refractivity contribution in [2.45, 2.75) is 13.8 Å². The molecule has 0 aliphatic rings. The third-order valence-corrected chi connectivity index (χ3v) is 4.65. The molecular weight excluding hydrogens is 381 g/mol. The number of methoxy groups -OCH3 is 1. The van der Waals surface area contributed by atoms with Gasteiger partial charge in [0.25, 0.3) is 5.91 Å². The van der Waals surface area contributed by atoms with Crippen LogP contribution in [0.3, 0.4) is 0 Å². The van der Waals surface area contributed by atoms with E-state index in [0.717, 1.165) is 5.56 Å². The van der Waals surface area contributed by atoms with Crippen molar-refractivity contribution in [1.82, 2.24) is 4.98 Å². The van der Waals surface area contributed by atoms with Gasteiger partial charge in [0.1, 0.15) is 11.6 Å². The number of halogens is 1. The zero-order valence-corrected chi connectivity index (χ0v) is 16.3. The molecule has 0 unspecified atom stereocenters. The van der Waals surface area contributed by atoms with Crippen molar-refractivity contribution in [3.63, 3.8) is 0 Å². The number of ether oxygens (including phenoxy) is 1. The highest BCUT2D eigenvalue weighted by Gasteiger charge is 2.16. The van der Waals surface area contributed by atoms with E-state index in [4.69, 9.17) is 4.74 Å². The molecule has 144 valence electrons. The fourth-order valence-corrected chi connectivity index (χ4v) is 3.33. The van der Waals surface area contributed by atoms with Gasteiger partial charge < -0.3 is 10.1 Å². The molecule has 0 saturated carbocycles. The lowest BCUT2D eigenvalue weighted by atomic mass is 10.1. The third kappa shape index (κ3) is 4.34. The van der Waals surface area contributed by atoms with Crippen LogP contribution in [0.25, 0.3) is 11.3 Å². The normalized spacial score (nSPS) is 10.4. The zero-order valence-electron chi connectivity index (χ0n) is 15.5. The Bertz CT molecular complexity index is 1050. The molecule has 2 amide bonds. The van der Waals surface area contributed by atoms with E-state index in [1.165, 1.54) is 37.5 Å². The molecular formula is C20H18FN3O3S. The fourth-order valence-electron chi connectivity index (χ4n) is 2.62. The molecule has 1 heterocycles. The number of carbonyl (C=O) groups is 2. The number of hydrogen-bond donors (Lipinski definition) is 2. The molecule has 28 heavy (non-hydrogen) atoms. The number of carbonyl (C=O) groups excluding carboxylic acids is 2. The molecule has 0 aliphatic heterocycles. The summed E-state index contributed by atoms with van der Waals surface area (Å²) in [6, 6.07) is 9.66. The molecule has 0 atom stereocenters. The predicted octanol–water partition coefficient (Wildman–Crippen LogP) is 4.48. The topological polar surface area (TPSA) is 80.3 Å². The van der Waals surface area contributed by atoms with Crippen LogP contribution in [0.4, 0.5) is 15.2 Å². The van der Waals surface area contributed by atoms with Crippen molar-refractivity contribution in [3.8, 4) is 17.0 Å². The van der Waals surface area contributed by atoms with Crippen LogP contribution in [-0.4, -0.2) is 23.9 Å². The minimum atomic E-state index is -0.519. The summed E-state index contributed by atoms with van der Waals surface area (Å²) in [5.41, 5.74) is 2.35. The van der Waals surface area contributed by atoms with Crippen molar-refractivity contribution in [2.75, 3.05) is 17.7 Å². The molecule has 0 fully saturated rings. The molecule has 6 nitrogen and oxygen atoms in total. The van der Waals surface area contributed by atoms with Crippen molar-refractivity contribution in [3.05, 3.63) is 58.7 Å². The zero-order chi connectivity index (χ0) is 20.3. The monoisotopic (exact) mass is 399 g/mol. The Kier molecular flexibility index (Phi) is 5.70. The van der Waals surface area contributed by atoms with Gasteiger partial charge in [0.05, 0.1) is 18.4 Å². The highest BCUT2D eigenvalue weighted by atomic mass is 32.1. The van der Waals surface area contributed by atoms with Crippen molar-refractivity contribution in [2.24, 2.45) is 0 Å². The number of nitrogens with zero attached hydrogens (tertiary/aromatic N) is 1. The van der Waals surface area contributed by atoms with Crippen LogP contribution in [0.5, 0.6) is 5.75 Å². The first kappa shape index (κ1) is 19.5. The highest BCUT2D eigenvalue weighted by Crippen LogP contribution is 2.29. The average molecular weight is 399 g/mol. The summed E-state index contributed by atoms with van der Waals surface area (Å²) in [7, 11) is 1.50. The van der Waals surface area contributed by atoms with E-state index in [0.29, 0.717) is 27.8 Å². The highest BCUT2D eigenvalue weighted by molar-refractivity contribution is 7.14. The number of aromatic nitrogens is 1. The van der Waals surface area contributed by atoms with Crippen LogP contribution < -0.4 is 15.4 Å². The maximum Gasteiger partial charge on any atom is 0.261 e. The van der Waals surface area contributed by atoms with E-state index in [1.54, 1.807) is 23.6 Å². The van der Waals surface area contributed by atoms with E-state index in [9.17, 15) is 14.0 Å². The molecule has 1 aromatic heterocycles. The van der Waals surface area contributed by atoms with Gasteiger partial charge in [0, 0.05) is 23.6 Å². The summed E-state index contributed by atoms with van der Waals surface area (Å²) in [6.45, 7) is 3.23. The van der Waals surface area contributed by atoms with Gasteiger partial charge in [-0.2, -0.15) is 0 Å².